The van der Waals surface area contributed by atoms with Crippen LogP contribution in [0.5, 0.6) is 0 Å². The molecule has 0 aliphatic carbocycles. The van der Waals surface area contributed by atoms with Crippen LogP contribution in [0.1, 0.15) is 0 Å². The molecule has 0 rings (SSSR count). The first-order valence-electron chi connectivity index (χ1n) is 2.73. The van der Waals surface area contributed by atoms with Gasteiger partial charge in [-0.1, -0.05) is 46.4 Å². The average Bonchev–Trinajstić information content (AvgIpc) is 1.85. The summed E-state index contributed by atoms with van der Waals surface area (Å²) >= 11 is 21.2. The molecule has 0 bridgehead atoms. The molecule has 11 heavy (non-hydrogen) atoms. The van der Waals surface area contributed by atoms with E-state index in [0.717, 1.165) is 0 Å². The van der Waals surface area contributed by atoms with Gasteiger partial charge < -0.3 is 4.74 Å². The molecule has 0 aromatic carbocycles. The van der Waals surface area contributed by atoms with Crippen LogP contribution in [0.3, 0.4) is 0 Å². The Kier molecular flexibility index (Phi) is 7.66. The molecule has 0 aromatic heterocycles. The molecular formula is C6H6Cl4O. The lowest BCUT2D eigenvalue weighted by Gasteiger charge is -1.93. The Balaban J connectivity index is 3.29. The molecule has 0 aliphatic rings. The number of ether oxygens (including phenoxy) is 1. The van der Waals surface area contributed by atoms with E-state index in [-0.39, 0.29) is 8.98 Å². The molecule has 0 heterocycles. The molecule has 5 heteroatoms. The summed E-state index contributed by atoms with van der Waals surface area (Å²) in [6.07, 6.45) is 3.05. The van der Waals surface area contributed by atoms with Crippen LogP contribution in [0, 0.1) is 0 Å². The van der Waals surface area contributed by atoms with E-state index in [2.05, 4.69) is 0 Å². The summed E-state index contributed by atoms with van der Waals surface area (Å²) in [5.74, 6) is 0. The molecule has 0 fully saturated rings. The fourth-order valence-corrected chi connectivity index (χ4v) is 0.564. The van der Waals surface area contributed by atoms with Gasteiger partial charge in [0.2, 0.25) is 0 Å². The van der Waals surface area contributed by atoms with Crippen LogP contribution in [0.15, 0.2) is 21.1 Å². The Hall–Kier alpha value is 0.600. The fourth-order valence-electron chi connectivity index (χ4n) is 0.312. The molecule has 0 aromatic rings. The second kappa shape index (κ2) is 7.26. The maximum absolute atomic E-state index is 5.30. The number of halogens is 4. The first-order valence-corrected chi connectivity index (χ1v) is 4.24. The van der Waals surface area contributed by atoms with Crippen molar-refractivity contribution < 1.29 is 4.74 Å². The predicted octanol–water partition coefficient (Wildman–Crippen LogP) is 3.64. The molecule has 0 saturated heterocycles. The molecule has 0 amide bonds. The number of rotatable bonds is 4. The largest absolute Gasteiger partial charge is 0.373 e. The lowest BCUT2D eigenvalue weighted by Crippen LogP contribution is -1.90. The zero-order chi connectivity index (χ0) is 8.69. The zero-order valence-electron chi connectivity index (χ0n) is 5.49. The standard InChI is InChI=1S/C6H6Cl4O/c7-5(8)1-3-11-4-2-6(9)10/h1-2H,3-4H2. The normalized spacial score (nSPS) is 9.09. The Morgan fingerprint density at radius 2 is 1.27 bits per heavy atom. The van der Waals surface area contributed by atoms with E-state index in [0.29, 0.717) is 13.2 Å². The predicted molar refractivity (Wildman–Crippen MR) is 50.4 cm³/mol. The summed E-state index contributed by atoms with van der Waals surface area (Å²) in [6.45, 7) is 0.694. The van der Waals surface area contributed by atoms with Gasteiger partial charge in [0, 0.05) is 0 Å². The van der Waals surface area contributed by atoms with Gasteiger partial charge in [-0.05, 0) is 12.2 Å². The van der Waals surface area contributed by atoms with E-state index >= 15 is 0 Å². The second-order valence-corrected chi connectivity index (χ2v) is 3.54. The third-order valence-electron chi connectivity index (χ3n) is 0.711. The summed E-state index contributed by atoms with van der Waals surface area (Å²) in [5, 5.41) is 0. The van der Waals surface area contributed by atoms with Gasteiger partial charge in [0.25, 0.3) is 0 Å². The van der Waals surface area contributed by atoms with Crippen molar-refractivity contribution in [1.82, 2.24) is 0 Å². The van der Waals surface area contributed by atoms with Gasteiger partial charge in [-0.2, -0.15) is 0 Å². The highest BCUT2D eigenvalue weighted by atomic mass is 35.5. The van der Waals surface area contributed by atoms with E-state index in [1.807, 2.05) is 0 Å². The lowest BCUT2D eigenvalue weighted by atomic mass is 10.6. The van der Waals surface area contributed by atoms with E-state index in [1.165, 1.54) is 12.2 Å². The Morgan fingerprint density at radius 1 is 0.909 bits per heavy atom. The van der Waals surface area contributed by atoms with Crippen molar-refractivity contribution in [3.05, 3.63) is 21.1 Å². The van der Waals surface area contributed by atoms with Gasteiger partial charge in [-0.25, -0.2) is 0 Å². The van der Waals surface area contributed by atoms with Crippen molar-refractivity contribution in [3.8, 4) is 0 Å². The van der Waals surface area contributed by atoms with Crippen LogP contribution in [0.4, 0.5) is 0 Å². The van der Waals surface area contributed by atoms with Crippen molar-refractivity contribution in [2.45, 2.75) is 0 Å². The molecule has 0 radical (unpaired) electrons. The van der Waals surface area contributed by atoms with Crippen molar-refractivity contribution in [1.29, 1.82) is 0 Å². The minimum Gasteiger partial charge on any atom is -0.373 e. The minimum atomic E-state index is 0.186. The lowest BCUT2D eigenvalue weighted by molar-refractivity contribution is 0.194. The maximum atomic E-state index is 5.30. The van der Waals surface area contributed by atoms with Gasteiger partial charge in [0.1, 0.15) is 8.98 Å². The molecular weight excluding hydrogens is 230 g/mol. The van der Waals surface area contributed by atoms with Gasteiger partial charge in [-0.15, -0.1) is 0 Å². The first kappa shape index (κ1) is 11.6. The van der Waals surface area contributed by atoms with Crippen LogP contribution >= 0.6 is 46.4 Å². The monoisotopic (exact) mass is 234 g/mol. The summed E-state index contributed by atoms with van der Waals surface area (Å²) in [4.78, 5) is 0. The number of hydrogen-bond donors (Lipinski definition) is 0. The zero-order valence-corrected chi connectivity index (χ0v) is 8.51. The highest BCUT2D eigenvalue weighted by molar-refractivity contribution is 6.56. The van der Waals surface area contributed by atoms with E-state index in [4.69, 9.17) is 51.1 Å². The average molecular weight is 236 g/mol. The Bertz CT molecular complexity index is 138. The highest BCUT2D eigenvalue weighted by Crippen LogP contribution is 2.06. The van der Waals surface area contributed by atoms with Crippen molar-refractivity contribution in [2.75, 3.05) is 13.2 Å². The minimum absolute atomic E-state index is 0.186. The van der Waals surface area contributed by atoms with Crippen molar-refractivity contribution >= 4 is 46.4 Å². The summed E-state index contributed by atoms with van der Waals surface area (Å²) in [7, 11) is 0. The van der Waals surface area contributed by atoms with E-state index in [1.54, 1.807) is 0 Å². The molecule has 0 atom stereocenters. The molecule has 0 unspecified atom stereocenters. The van der Waals surface area contributed by atoms with Crippen LogP contribution in [-0.2, 0) is 4.74 Å². The molecule has 0 aliphatic heterocycles. The Morgan fingerprint density at radius 3 is 1.55 bits per heavy atom. The van der Waals surface area contributed by atoms with Crippen molar-refractivity contribution in [2.24, 2.45) is 0 Å². The number of hydrogen-bond acceptors (Lipinski definition) is 1. The smallest absolute Gasteiger partial charge is 0.105 e. The summed E-state index contributed by atoms with van der Waals surface area (Å²) in [6, 6.07) is 0. The topological polar surface area (TPSA) is 9.23 Å². The van der Waals surface area contributed by atoms with Crippen LogP contribution in [-0.4, -0.2) is 13.2 Å². The van der Waals surface area contributed by atoms with Crippen LogP contribution in [0.2, 0.25) is 0 Å². The van der Waals surface area contributed by atoms with Crippen LogP contribution < -0.4 is 0 Å². The summed E-state index contributed by atoms with van der Waals surface area (Å²) < 4.78 is 5.34. The molecule has 64 valence electrons. The Labute approximate surface area is 85.5 Å². The molecule has 0 N–H and O–H groups in total. The van der Waals surface area contributed by atoms with Crippen LogP contribution in [0.25, 0.3) is 0 Å². The van der Waals surface area contributed by atoms with Crippen molar-refractivity contribution in [3.63, 3.8) is 0 Å². The molecule has 0 saturated carbocycles. The maximum Gasteiger partial charge on any atom is 0.105 e. The SMILES string of the molecule is ClC(Cl)=CCOCC=C(Cl)Cl. The quantitative estimate of drug-likeness (QED) is 0.677. The fraction of sp³-hybridized carbons (Fsp3) is 0.333. The first-order chi connectivity index (χ1) is 5.13. The highest BCUT2D eigenvalue weighted by Gasteiger charge is 1.85. The van der Waals surface area contributed by atoms with Gasteiger partial charge in [-0.3, -0.25) is 0 Å². The molecule has 1 nitrogen and oxygen atoms in total. The van der Waals surface area contributed by atoms with Gasteiger partial charge in [0.15, 0.2) is 0 Å². The molecule has 0 spiro atoms. The van der Waals surface area contributed by atoms with E-state index in [9.17, 15) is 0 Å². The van der Waals surface area contributed by atoms with Gasteiger partial charge >= 0.3 is 0 Å². The third-order valence-corrected chi connectivity index (χ3v) is 1.33. The summed E-state index contributed by atoms with van der Waals surface area (Å²) in [5.41, 5.74) is 0. The van der Waals surface area contributed by atoms with E-state index < -0.39 is 0 Å². The second-order valence-electron chi connectivity index (χ2n) is 1.52. The van der Waals surface area contributed by atoms with Gasteiger partial charge in [0.05, 0.1) is 13.2 Å². The third kappa shape index (κ3) is 10.6.